The summed E-state index contributed by atoms with van der Waals surface area (Å²) in [5.41, 5.74) is 0.829. The van der Waals surface area contributed by atoms with E-state index in [2.05, 4.69) is 41.4 Å². The number of nitrogens with zero attached hydrogens (tertiary/aromatic N) is 5. The second-order valence-corrected chi connectivity index (χ2v) is 7.74. The van der Waals surface area contributed by atoms with Crippen molar-refractivity contribution in [3.63, 3.8) is 0 Å². The molecule has 0 spiro atoms. The zero-order valence-electron chi connectivity index (χ0n) is 16.2. The number of aromatic nitrogens is 4. The monoisotopic (exact) mass is 474 g/mol. The Labute approximate surface area is 180 Å². The minimum atomic E-state index is -0.767. The average Bonchev–Trinajstić information content (AvgIpc) is 3.36. The Hall–Kier alpha value is -3.05. The van der Waals surface area contributed by atoms with Gasteiger partial charge in [-0.15, -0.1) is 0 Å². The maximum atomic E-state index is 12.1. The van der Waals surface area contributed by atoms with Crippen molar-refractivity contribution < 1.29 is 19.2 Å². The predicted octanol–water partition coefficient (Wildman–Crippen LogP) is 3.17. The second-order valence-electron chi connectivity index (χ2n) is 6.82. The van der Waals surface area contributed by atoms with E-state index < -0.39 is 18.2 Å². The standard InChI is InChI=1S/C19H19BrN6O4/c1-10(17-24-16(25-30-17)12-3-5-13(20)6-4-12)22-18-21-8-7-15(23-18)26-14(11(2)27)9-29-19(26)28/h3-8,10-11,14,27H,9H2,1-2H3,(H,21,22,23)/t10-,11+,14+/m0/s1. The SMILES string of the molecule is C[C@H](Nc1nccc(N2C(=O)OC[C@@H]2[C@@H](C)O)n1)c1nc(-c2ccc(Br)cc2)no1. The van der Waals surface area contributed by atoms with Crippen LogP contribution in [0, 0.1) is 0 Å². The number of cyclic esters (lactones) is 1. The molecule has 4 rings (SSSR count). The maximum absolute atomic E-state index is 12.1. The molecule has 1 fully saturated rings. The summed E-state index contributed by atoms with van der Waals surface area (Å²) in [4.78, 5) is 26.4. The highest BCUT2D eigenvalue weighted by Gasteiger charge is 2.38. The Bertz CT molecular complexity index is 1040. The molecular formula is C19H19BrN6O4. The number of benzene rings is 1. The molecule has 0 aliphatic carbocycles. The van der Waals surface area contributed by atoms with Gasteiger partial charge in [0.1, 0.15) is 24.5 Å². The Balaban J connectivity index is 1.50. The highest BCUT2D eigenvalue weighted by atomic mass is 79.9. The molecule has 1 aliphatic heterocycles. The smallest absolute Gasteiger partial charge is 0.416 e. The number of aliphatic hydroxyl groups excluding tert-OH is 1. The summed E-state index contributed by atoms with van der Waals surface area (Å²) in [6.07, 6.45) is 0.190. The Kier molecular flexibility index (Phi) is 5.64. The largest absolute Gasteiger partial charge is 0.447 e. The first-order chi connectivity index (χ1) is 14.4. The van der Waals surface area contributed by atoms with E-state index in [0.29, 0.717) is 17.5 Å². The van der Waals surface area contributed by atoms with Crippen LogP contribution in [0.4, 0.5) is 16.6 Å². The van der Waals surface area contributed by atoms with Crippen molar-refractivity contribution in [3.8, 4) is 11.4 Å². The molecule has 156 valence electrons. The third-order valence-electron chi connectivity index (χ3n) is 4.61. The Morgan fingerprint density at radius 2 is 2.00 bits per heavy atom. The number of amides is 1. The van der Waals surface area contributed by atoms with Gasteiger partial charge in [-0.2, -0.15) is 9.97 Å². The highest BCUT2D eigenvalue weighted by molar-refractivity contribution is 9.10. The van der Waals surface area contributed by atoms with Crippen molar-refractivity contribution in [2.75, 3.05) is 16.8 Å². The van der Waals surface area contributed by atoms with Gasteiger partial charge >= 0.3 is 6.09 Å². The zero-order valence-corrected chi connectivity index (χ0v) is 17.8. The number of carbonyl (C=O) groups is 1. The molecule has 0 saturated carbocycles. The first kappa shape index (κ1) is 20.2. The van der Waals surface area contributed by atoms with Gasteiger partial charge in [0.25, 0.3) is 0 Å². The lowest BCUT2D eigenvalue weighted by Crippen LogP contribution is -2.41. The molecule has 3 aromatic rings. The molecule has 11 heteroatoms. The number of hydrogen-bond acceptors (Lipinski definition) is 9. The van der Waals surface area contributed by atoms with Crippen LogP contribution in [0.25, 0.3) is 11.4 Å². The normalized spacial score (nSPS) is 18.2. The molecule has 1 amide bonds. The predicted molar refractivity (Wildman–Crippen MR) is 111 cm³/mol. The van der Waals surface area contributed by atoms with Crippen LogP contribution in [-0.2, 0) is 4.74 Å². The quantitative estimate of drug-likeness (QED) is 0.553. The van der Waals surface area contributed by atoms with Crippen molar-refractivity contribution in [2.24, 2.45) is 0 Å². The lowest BCUT2D eigenvalue weighted by molar-refractivity contribution is 0.142. The van der Waals surface area contributed by atoms with E-state index in [1.165, 1.54) is 11.1 Å². The summed E-state index contributed by atoms with van der Waals surface area (Å²) in [7, 11) is 0. The van der Waals surface area contributed by atoms with Crippen LogP contribution < -0.4 is 10.2 Å². The van der Waals surface area contributed by atoms with Crippen LogP contribution >= 0.6 is 15.9 Å². The summed E-state index contributed by atoms with van der Waals surface area (Å²) in [6.45, 7) is 3.53. The molecule has 1 aromatic carbocycles. The lowest BCUT2D eigenvalue weighted by Gasteiger charge is -2.22. The number of halogens is 1. The molecular weight excluding hydrogens is 456 g/mol. The van der Waals surface area contributed by atoms with E-state index in [9.17, 15) is 9.90 Å². The maximum Gasteiger partial charge on any atom is 0.416 e. The minimum absolute atomic E-state index is 0.0977. The fourth-order valence-electron chi connectivity index (χ4n) is 2.99. The number of nitrogens with one attached hydrogen (secondary N) is 1. The van der Waals surface area contributed by atoms with Gasteiger partial charge in [-0.05, 0) is 44.2 Å². The molecule has 0 radical (unpaired) electrons. The number of aliphatic hydroxyl groups is 1. The Morgan fingerprint density at radius 1 is 1.23 bits per heavy atom. The van der Waals surface area contributed by atoms with E-state index in [0.717, 1.165) is 10.0 Å². The van der Waals surface area contributed by atoms with E-state index in [4.69, 9.17) is 9.26 Å². The fraction of sp³-hybridized carbons (Fsp3) is 0.316. The van der Waals surface area contributed by atoms with Crippen LogP contribution in [0.2, 0.25) is 0 Å². The first-order valence-corrected chi connectivity index (χ1v) is 10.0. The van der Waals surface area contributed by atoms with Gasteiger partial charge in [0.05, 0.1) is 6.10 Å². The number of carbonyl (C=O) groups excluding carboxylic acids is 1. The molecule has 10 nitrogen and oxygen atoms in total. The number of rotatable bonds is 6. The molecule has 2 N–H and O–H groups in total. The van der Waals surface area contributed by atoms with Gasteiger partial charge in [-0.3, -0.25) is 4.90 Å². The van der Waals surface area contributed by atoms with Crippen LogP contribution in [-0.4, -0.2) is 50.1 Å². The van der Waals surface area contributed by atoms with Crippen molar-refractivity contribution in [1.29, 1.82) is 0 Å². The summed E-state index contributed by atoms with van der Waals surface area (Å²) in [5.74, 6) is 1.44. The van der Waals surface area contributed by atoms with Crippen LogP contribution in [0.5, 0.6) is 0 Å². The Morgan fingerprint density at radius 3 is 2.73 bits per heavy atom. The third-order valence-corrected chi connectivity index (χ3v) is 5.14. The highest BCUT2D eigenvalue weighted by Crippen LogP contribution is 2.25. The molecule has 1 saturated heterocycles. The minimum Gasteiger partial charge on any atom is -0.447 e. The lowest BCUT2D eigenvalue weighted by atomic mass is 10.2. The van der Waals surface area contributed by atoms with Gasteiger partial charge in [-0.1, -0.05) is 21.1 Å². The number of hydrogen-bond donors (Lipinski definition) is 2. The number of anilines is 2. The van der Waals surface area contributed by atoms with Crippen LogP contribution in [0.1, 0.15) is 25.8 Å². The van der Waals surface area contributed by atoms with Gasteiger partial charge in [-0.25, -0.2) is 9.78 Å². The third kappa shape index (κ3) is 4.12. The molecule has 3 atom stereocenters. The van der Waals surface area contributed by atoms with E-state index in [1.807, 2.05) is 31.2 Å². The molecule has 1 aliphatic rings. The zero-order chi connectivity index (χ0) is 21.3. The van der Waals surface area contributed by atoms with Crippen molar-refractivity contribution in [3.05, 3.63) is 46.9 Å². The van der Waals surface area contributed by atoms with Gasteiger partial charge in [0.15, 0.2) is 0 Å². The first-order valence-electron chi connectivity index (χ1n) is 9.25. The van der Waals surface area contributed by atoms with Crippen molar-refractivity contribution in [1.82, 2.24) is 20.1 Å². The number of ether oxygens (including phenoxy) is 1. The summed E-state index contributed by atoms with van der Waals surface area (Å²) in [6, 6.07) is 8.26. The summed E-state index contributed by atoms with van der Waals surface area (Å²) >= 11 is 3.39. The van der Waals surface area contributed by atoms with Crippen molar-refractivity contribution in [2.45, 2.75) is 32.0 Å². The fourth-order valence-corrected chi connectivity index (χ4v) is 3.25. The second kappa shape index (κ2) is 8.36. The average molecular weight is 475 g/mol. The van der Waals surface area contributed by atoms with E-state index >= 15 is 0 Å². The molecule has 0 unspecified atom stereocenters. The van der Waals surface area contributed by atoms with Crippen LogP contribution in [0.15, 0.2) is 45.5 Å². The topological polar surface area (TPSA) is 127 Å². The van der Waals surface area contributed by atoms with E-state index in [1.54, 1.807) is 13.0 Å². The van der Waals surface area contributed by atoms with Gasteiger partial charge in [0.2, 0.25) is 17.7 Å². The van der Waals surface area contributed by atoms with Gasteiger partial charge < -0.3 is 19.7 Å². The summed E-state index contributed by atoms with van der Waals surface area (Å²) in [5, 5.41) is 17.0. The molecule has 0 bridgehead atoms. The van der Waals surface area contributed by atoms with Crippen LogP contribution in [0.3, 0.4) is 0 Å². The molecule has 30 heavy (non-hydrogen) atoms. The molecule has 3 heterocycles. The summed E-state index contributed by atoms with van der Waals surface area (Å²) < 4.78 is 11.4. The van der Waals surface area contributed by atoms with Gasteiger partial charge in [0, 0.05) is 16.2 Å². The van der Waals surface area contributed by atoms with E-state index in [-0.39, 0.29) is 18.6 Å². The van der Waals surface area contributed by atoms with Crippen molar-refractivity contribution >= 4 is 33.8 Å². The molecule has 2 aromatic heterocycles.